The second-order valence-electron chi connectivity index (χ2n) is 6.80. The van der Waals surface area contributed by atoms with Crippen LogP contribution in [0.4, 0.5) is 15.8 Å². The van der Waals surface area contributed by atoms with Crippen molar-refractivity contribution in [2.75, 3.05) is 30.9 Å². The van der Waals surface area contributed by atoms with E-state index in [4.69, 9.17) is 0 Å². The standard InChI is InChI=1S/C21H22FN5O2/c1-13-10-14(4-9-17(13)22)18-11-19(26-25-18)21(29)23-12-20(28)24-15-5-7-16(8-6-15)27(2)3/h4-11H,12H2,1-3H3,(H,23,29)(H,24,28)(H,25,26). The van der Waals surface area contributed by atoms with Crippen molar-refractivity contribution >= 4 is 23.2 Å². The van der Waals surface area contributed by atoms with E-state index in [9.17, 15) is 14.0 Å². The van der Waals surface area contributed by atoms with Crippen molar-refractivity contribution in [3.05, 3.63) is 65.6 Å². The fourth-order valence-electron chi connectivity index (χ4n) is 2.69. The Labute approximate surface area is 167 Å². The monoisotopic (exact) mass is 395 g/mol. The summed E-state index contributed by atoms with van der Waals surface area (Å²) in [7, 11) is 3.86. The van der Waals surface area contributed by atoms with Gasteiger partial charge in [-0.3, -0.25) is 14.7 Å². The van der Waals surface area contributed by atoms with E-state index in [1.807, 2.05) is 31.1 Å². The van der Waals surface area contributed by atoms with Gasteiger partial charge in [0.05, 0.1) is 12.2 Å². The number of nitrogens with one attached hydrogen (secondary N) is 3. The summed E-state index contributed by atoms with van der Waals surface area (Å²) in [6.45, 7) is 1.48. The van der Waals surface area contributed by atoms with Crippen LogP contribution in [-0.2, 0) is 4.79 Å². The van der Waals surface area contributed by atoms with E-state index in [0.717, 1.165) is 5.69 Å². The zero-order valence-corrected chi connectivity index (χ0v) is 16.4. The summed E-state index contributed by atoms with van der Waals surface area (Å²) in [6.07, 6.45) is 0. The van der Waals surface area contributed by atoms with E-state index in [1.54, 1.807) is 37.3 Å². The van der Waals surface area contributed by atoms with Crippen molar-refractivity contribution in [3.8, 4) is 11.3 Å². The van der Waals surface area contributed by atoms with Gasteiger partial charge >= 0.3 is 0 Å². The number of hydrogen-bond donors (Lipinski definition) is 3. The molecule has 2 amide bonds. The Morgan fingerprint density at radius 1 is 1.10 bits per heavy atom. The van der Waals surface area contributed by atoms with Gasteiger partial charge in [-0.2, -0.15) is 5.10 Å². The molecule has 2 aromatic carbocycles. The maximum Gasteiger partial charge on any atom is 0.269 e. The molecule has 0 atom stereocenters. The molecule has 0 radical (unpaired) electrons. The minimum Gasteiger partial charge on any atom is -0.378 e. The van der Waals surface area contributed by atoms with Crippen molar-refractivity contribution in [2.45, 2.75) is 6.92 Å². The van der Waals surface area contributed by atoms with Crippen LogP contribution in [0.15, 0.2) is 48.5 Å². The van der Waals surface area contributed by atoms with Gasteiger partial charge < -0.3 is 15.5 Å². The number of nitrogens with zero attached hydrogens (tertiary/aromatic N) is 2. The highest BCUT2D eigenvalue weighted by molar-refractivity contribution is 5.98. The number of halogens is 1. The topological polar surface area (TPSA) is 90.1 Å². The Hall–Kier alpha value is -3.68. The normalized spacial score (nSPS) is 10.5. The molecule has 0 saturated carbocycles. The molecule has 0 spiro atoms. The minimum absolute atomic E-state index is 0.182. The van der Waals surface area contributed by atoms with Gasteiger partial charge in [0.15, 0.2) is 0 Å². The molecule has 0 fully saturated rings. The SMILES string of the molecule is Cc1cc(-c2cc(C(=O)NCC(=O)Nc3ccc(N(C)C)cc3)[nH]n2)ccc1F. The highest BCUT2D eigenvalue weighted by atomic mass is 19.1. The van der Waals surface area contributed by atoms with Crippen molar-refractivity contribution < 1.29 is 14.0 Å². The number of anilines is 2. The van der Waals surface area contributed by atoms with Crippen molar-refractivity contribution in [2.24, 2.45) is 0 Å². The van der Waals surface area contributed by atoms with E-state index in [0.29, 0.717) is 22.5 Å². The lowest BCUT2D eigenvalue weighted by Gasteiger charge is -2.13. The third-order valence-electron chi connectivity index (χ3n) is 4.35. The van der Waals surface area contributed by atoms with Crippen LogP contribution in [0.5, 0.6) is 0 Å². The first-order chi connectivity index (χ1) is 13.8. The first-order valence-electron chi connectivity index (χ1n) is 9.01. The second kappa shape index (κ2) is 8.55. The van der Waals surface area contributed by atoms with Gasteiger partial charge in [-0.1, -0.05) is 0 Å². The molecule has 1 aromatic heterocycles. The van der Waals surface area contributed by atoms with E-state index < -0.39 is 5.91 Å². The predicted octanol–water partition coefficient (Wildman–Crippen LogP) is 2.96. The number of benzene rings is 2. The van der Waals surface area contributed by atoms with Crippen molar-refractivity contribution in [3.63, 3.8) is 0 Å². The highest BCUT2D eigenvalue weighted by Crippen LogP contribution is 2.20. The Morgan fingerprint density at radius 3 is 2.48 bits per heavy atom. The van der Waals surface area contributed by atoms with Crippen molar-refractivity contribution in [1.29, 1.82) is 0 Å². The Kier molecular flexibility index (Phi) is 5.92. The van der Waals surface area contributed by atoms with Crippen LogP contribution in [0.25, 0.3) is 11.3 Å². The molecule has 0 bridgehead atoms. The number of aryl methyl sites for hydroxylation is 1. The zero-order chi connectivity index (χ0) is 21.0. The number of aromatic amines is 1. The molecular formula is C21H22FN5O2. The molecular weight excluding hydrogens is 373 g/mol. The van der Waals surface area contributed by atoms with Crippen LogP contribution in [0.3, 0.4) is 0 Å². The molecule has 3 rings (SSSR count). The summed E-state index contributed by atoms with van der Waals surface area (Å²) in [6, 6.07) is 13.5. The molecule has 150 valence electrons. The van der Waals surface area contributed by atoms with Gasteiger partial charge in [0, 0.05) is 31.0 Å². The van der Waals surface area contributed by atoms with Gasteiger partial charge in [0.25, 0.3) is 5.91 Å². The van der Waals surface area contributed by atoms with Crippen LogP contribution in [0.1, 0.15) is 16.1 Å². The summed E-state index contributed by atoms with van der Waals surface area (Å²) in [5, 5.41) is 12.0. The molecule has 0 saturated heterocycles. The first kappa shape index (κ1) is 20.1. The molecule has 0 aliphatic carbocycles. The second-order valence-corrected chi connectivity index (χ2v) is 6.80. The summed E-state index contributed by atoms with van der Waals surface area (Å²) >= 11 is 0. The van der Waals surface area contributed by atoms with Gasteiger partial charge in [0.1, 0.15) is 11.5 Å². The molecule has 3 aromatic rings. The third-order valence-corrected chi connectivity index (χ3v) is 4.35. The Balaban J connectivity index is 1.56. The number of hydrogen-bond acceptors (Lipinski definition) is 4. The molecule has 1 heterocycles. The molecule has 0 aliphatic heterocycles. The van der Waals surface area contributed by atoms with Gasteiger partial charge in [-0.25, -0.2) is 4.39 Å². The zero-order valence-electron chi connectivity index (χ0n) is 16.4. The van der Waals surface area contributed by atoms with Crippen LogP contribution >= 0.6 is 0 Å². The van der Waals surface area contributed by atoms with Crippen LogP contribution in [0.2, 0.25) is 0 Å². The average molecular weight is 395 g/mol. The molecule has 29 heavy (non-hydrogen) atoms. The van der Waals surface area contributed by atoms with Crippen molar-refractivity contribution in [1.82, 2.24) is 15.5 Å². The van der Waals surface area contributed by atoms with Gasteiger partial charge in [-0.05, 0) is 61.0 Å². The summed E-state index contributed by atoms with van der Waals surface area (Å²) in [4.78, 5) is 26.3. The lowest BCUT2D eigenvalue weighted by molar-refractivity contribution is -0.115. The fraction of sp³-hybridized carbons (Fsp3) is 0.190. The van der Waals surface area contributed by atoms with Gasteiger partial charge in [0.2, 0.25) is 5.91 Å². The largest absolute Gasteiger partial charge is 0.378 e. The number of carbonyl (C=O) groups excluding carboxylic acids is 2. The van der Waals surface area contributed by atoms with Gasteiger partial charge in [-0.15, -0.1) is 0 Å². The van der Waals surface area contributed by atoms with E-state index in [-0.39, 0.29) is 24.0 Å². The maximum atomic E-state index is 13.4. The number of amides is 2. The van der Waals surface area contributed by atoms with Crippen LogP contribution in [-0.4, -0.2) is 42.7 Å². The Morgan fingerprint density at radius 2 is 1.83 bits per heavy atom. The number of H-pyrrole nitrogens is 1. The number of carbonyl (C=O) groups is 2. The number of rotatable bonds is 6. The van der Waals surface area contributed by atoms with E-state index in [1.165, 1.54) is 6.07 Å². The third kappa shape index (κ3) is 4.98. The quantitative estimate of drug-likeness (QED) is 0.599. The number of aromatic nitrogens is 2. The molecule has 0 aliphatic rings. The van der Waals surface area contributed by atoms with E-state index >= 15 is 0 Å². The lowest BCUT2D eigenvalue weighted by Crippen LogP contribution is -2.33. The summed E-state index contributed by atoms with van der Waals surface area (Å²) in [5.74, 6) is -1.10. The highest BCUT2D eigenvalue weighted by Gasteiger charge is 2.13. The summed E-state index contributed by atoms with van der Waals surface area (Å²) < 4.78 is 13.4. The molecule has 7 nitrogen and oxygen atoms in total. The Bertz CT molecular complexity index is 1030. The van der Waals surface area contributed by atoms with Crippen LogP contribution in [0, 0.1) is 12.7 Å². The molecule has 0 unspecified atom stereocenters. The first-order valence-corrected chi connectivity index (χ1v) is 9.01. The maximum absolute atomic E-state index is 13.4. The van der Waals surface area contributed by atoms with E-state index in [2.05, 4.69) is 20.8 Å². The molecule has 3 N–H and O–H groups in total. The minimum atomic E-state index is -0.458. The summed E-state index contributed by atoms with van der Waals surface area (Å²) in [5.41, 5.74) is 3.58. The predicted molar refractivity (Wildman–Crippen MR) is 110 cm³/mol. The fourth-order valence-corrected chi connectivity index (χ4v) is 2.69. The van der Waals surface area contributed by atoms with Crippen LogP contribution < -0.4 is 15.5 Å². The average Bonchev–Trinajstić information content (AvgIpc) is 3.19. The lowest BCUT2D eigenvalue weighted by atomic mass is 10.1. The molecule has 8 heteroatoms. The smallest absolute Gasteiger partial charge is 0.269 e.